The van der Waals surface area contributed by atoms with Crippen molar-refractivity contribution in [1.29, 1.82) is 0 Å². The second kappa shape index (κ2) is 9.85. The van der Waals surface area contributed by atoms with Crippen molar-refractivity contribution in [2.45, 2.75) is 32.6 Å². The number of nitrogens with one attached hydrogen (secondary N) is 1. The van der Waals surface area contributed by atoms with Gasteiger partial charge in [0, 0.05) is 17.5 Å². The van der Waals surface area contributed by atoms with Crippen molar-refractivity contribution in [2.24, 2.45) is 5.92 Å². The van der Waals surface area contributed by atoms with Crippen LogP contribution in [0.3, 0.4) is 0 Å². The summed E-state index contributed by atoms with van der Waals surface area (Å²) < 4.78 is 10.2. The molecule has 174 valence electrons. The lowest BCUT2D eigenvalue weighted by Gasteiger charge is -2.20. The maximum absolute atomic E-state index is 12.5. The van der Waals surface area contributed by atoms with Gasteiger partial charge in [0.05, 0.1) is 19.6 Å². The van der Waals surface area contributed by atoms with Crippen LogP contribution in [0.4, 0.5) is 0 Å². The fraction of sp³-hybridized carbons (Fsp3) is 0.360. The molecule has 2 aromatic carbocycles. The number of ketones is 1. The molecular formula is C25H28N2O6. The zero-order valence-electron chi connectivity index (χ0n) is 19.2. The van der Waals surface area contributed by atoms with Gasteiger partial charge in [-0.1, -0.05) is 45.0 Å². The molecule has 2 amide bonds. The first-order valence-corrected chi connectivity index (χ1v) is 10.6. The Morgan fingerprint density at radius 1 is 1.06 bits per heavy atom. The van der Waals surface area contributed by atoms with Crippen LogP contribution in [0, 0.1) is 5.92 Å². The fourth-order valence-electron chi connectivity index (χ4n) is 3.42. The molecule has 0 aromatic heterocycles. The molecule has 0 aliphatic carbocycles. The number of rotatable bonds is 7. The number of hydrazine groups is 1. The van der Waals surface area contributed by atoms with Crippen LogP contribution in [-0.2, 0) is 19.7 Å². The molecule has 0 bridgehead atoms. The fourth-order valence-corrected chi connectivity index (χ4v) is 3.42. The molecule has 1 N–H and O–H groups in total. The van der Waals surface area contributed by atoms with Gasteiger partial charge in [0.25, 0.3) is 5.91 Å². The van der Waals surface area contributed by atoms with Gasteiger partial charge in [0.2, 0.25) is 5.91 Å². The molecule has 0 unspecified atom stereocenters. The predicted molar refractivity (Wildman–Crippen MR) is 121 cm³/mol. The Bertz CT molecular complexity index is 1060. The van der Waals surface area contributed by atoms with Crippen molar-refractivity contribution in [1.82, 2.24) is 10.4 Å². The summed E-state index contributed by atoms with van der Waals surface area (Å²) in [5.41, 5.74) is 4.36. The second-order valence-corrected chi connectivity index (χ2v) is 8.94. The highest BCUT2D eigenvalue weighted by Crippen LogP contribution is 2.23. The summed E-state index contributed by atoms with van der Waals surface area (Å²) in [6.45, 7) is 5.78. The molecule has 0 radical (unpaired) electrons. The van der Waals surface area contributed by atoms with E-state index >= 15 is 0 Å². The summed E-state index contributed by atoms with van der Waals surface area (Å²) in [6.07, 6.45) is -0.102. The lowest BCUT2D eigenvalue weighted by molar-refractivity contribution is -0.147. The summed E-state index contributed by atoms with van der Waals surface area (Å²) >= 11 is 0. The van der Waals surface area contributed by atoms with E-state index in [4.69, 9.17) is 9.47 Å². The van der Waals surface area contributed by atoms with Gasteiger partial charge in [-0.05, 0) is 35.2 Å². The van der Waals surface area contributed by atoms with E-state index in [0.29, 0.717) is 16.9 Å². The summed E-state index contributed by atoms with van der Waals surface area (Å²) in [5.74, 6) is -2.12. The predicted octanol–water partition coefficient (Wildman–Crippen LogP) is 2.91. The standard InChI is InChI=1S/C25H28N2O6/c1-25(2,3)19-10-8-16(9-11-19)23(30)26-27-14-18(13-22(27)29)24(31)33-15-21(28)17-6-5-7-20(12-17)32-4/h5-12,18H,13-15H2,1-4H3,(H,26,30)/t18-/m1/s1. The number of esters is 1. The molecule has 8 heteroatoms. The third-order valence-electron chi connectivity index (χ3n) is 5.45. The van der Waals surface area contributed by atoms with Gasteiger partial charge in [0.1, 0.15) is 5.75 Å². The van der Waals surface area contributed by atoms with Crippen LogP contribution in [-0.4, -0.2) is 48.8 Å². The number of nitrogens with zero attached hydrogens (tertiary/aromatic N) is 1. The van der Waals surface area contributed by atoms with E-state index in [2.05, 4.69) is 26.2 Å². The molecule has 8 nitrogen and oxygen atoms in total. The number of hydrogen-bond acceptors (Lipinski definition) is 6. The zero-order chi connectivity index (χ0) is 24.2. The van der Waals surface area contributed by atoms with Gasteiger partial charge in [0.15, 0.2) is 12.4 Å². The number of hydrogen-bond donors (Lipinski definition) is 1. The van der Waals surface area contributed by atoms with Gasteiger partial charge < -0.3 is 9.47 Å². The van der Waals surface area contributed by atoms with Gasteiger partial charge in [-0.3, -0.25) is 29.6 Å². The van der Waals surface area contributed by atoms with E-state index in [-0.39, 0.29) is 24.2 Å². The highest BCUT2D eigenvalue weighted by molar-refractivity contribution is 5.99. The highest BCUT2D eigenvalue weighted by atomic mass is 16.5. The zero-order valence-corrected chi connectivity index (χ0v) is 19.2. The van der Waals surface area contributed by atoms with Crippen molar-refractivity contribution in [3.8, 4) is 5.75 Å². The lowest BCUT2D eigenvalue weighted by atomic mass is 9.87. The summed E-state index contributed by atoms with van der Waals surface area (Å²) in [5, 5.41) is 1.12. The van der Waals surface area contributed by atoms with E-state index in [0.717, 1.165) is 10.6 Å². The van der Waals surface area contributed by atoms with E-state index in [1.54, 1.807) is 36.4 Å². The molecule has 2 aromatic rings. The van der Waals surface area contributed by atoms with Gasteiger partial charge in [-0.25, -0.2) is 0 Å². The van der Waals surface area contributed by atoms with E-state index in [9.17, 15) is 19.2 Å². The van der Waals surface area contributed by atoms with Crippen LogP contribution in [0.1, 0.15) is 53.5 Å². The smallest absolute Gasteiger partial charge is 0.311 e. The van der Waals surface area contributed by atoms with Crippen LogP contribution in [0.25, 0.3) is 0 Å². The van der Waals surface area contributed by atoms with Crippen molar-refractivity contribution < 1.29 is 28.7 Å². The van der Waals surface area contributed by atoms with Crippen molar-refractivity contribution in [3.05, 3.63) is 65.2 Å². The monoisotopic (exact) mass is 452 g/mol. The van der Waals surface area contributed by atoms with Crippen LogP contribution < -0.4 is 10.2 Å². The summed E-state index contributed by atoms with van der Waals surface area (Å²) in [7, 11) is 1.49. The second-order valence-electron chi connectivity index (χ2n) is 8.94. The Hall–Kier alpha value is -3.68. The Morgan fingerprint density at radius 3 is 2.39 bits per heavy atom. The molecule has 0 saturated carbocycles. The summed E-state index contributed by atoms with van der Waals surface area (Å²) in [6, 6.07) is 13.7. The van der Waals surface area contributed by atoms with E-state index in [1.165, 1.54) is 7.11 Å². The molecule has 3 rings (SSSR count). The van der Waals surface area contributed by atoms with Crippen LogP contribution in [0.15, 0.2) is 48.5 Å². The Balaban J connectivity index is 1.53. The van der Waals surface area contributed by atoms with Crippen molar-refractivity contribution in [2.75, 3.05) is 20.3 Å². The number of carbonyl (C=O) groups excluding carboxylic acids is 4. The minimum Gasteiger partial charge on any atom is -0.497 e. The number of carbonyl (C=O) groups is 4. The number of Topliss-reactive ketones (excluding diaryl/α,β-unsaturated/α-hetero) is 1. The first-order chi connectivity index (χ1) is 15.6. The third-order valence-corrected chi connectivity index (χ3v) is 5.45. The Kier molecular flexibility index (Phi) is 7.16. The normalized spacial score (nSPS) is 15.8. The van der Waals surface area contributed by atoms with Crippen LogP contribution in [0.5, 0.6) is 5.75 Å². The van der Waals surface area contributed by atoms with Crippen molar-refractivity contribution in [3.63, 3.8) is 0 Å². The van der Waals surface area contributed by atoms with Gasteiger partial charge in [-0.2, -0.15) is 0 Å². The van der Waals surface area contributed by atoms with Crippen molar-refractivity contribution >= 4 is 23.6 Å². The third kappa shape index (κ3) is 5.97. The lowest BCUT2D eigenvalue weighted by Crippen LogP contribution is -2.43. The topological polar surface area (TPSA) is 102 Å². The van der Waals surface area contributed by atoms with E-state index in [1.807, 2.05) is 12.1 Å². The molecule has 1 aliphatic heterocycles. The maximum Gasteiger partial charge on any atom is 0.311 e. The average Bonchev–Trinajstić information content (AvgIpc) is 3.16. The first-order valence-electron chi connectivity index (χ1n) is 10.6. The first kappa shape index (κ1) is 24.0. The molecule has 0 spiro atoms. The van der Waals surface area contributed by atoms with Crippen LogP contribution >= 0.6 is 0 Å². The number of benzene rings is 2. The molecule has 1 fully saturated rings. The molecule has 1 aliphatic rings. The molecular weight excluding hydrogens is 424 g/mol. The minimum absolute atomic E-state index is 0.0170. The highest BCUT2D eigenvalue weighted by Gasteiger charge is 2.36. The Morgan fingerprint density at radius 2 is 1.76 bits per heavy atom. The molecule has 1 heterocycles. The molecule has 33 heavy (non-hydrogen) atoms. The molecule has 1 saturated heterocycles. The summed E-state index contributed by atoms with van der Waals surface area (Å²) in [4.78, 5) is 49.5. The van der Waals surface area contributed by atoms with Crippen LogP contribution in [0.2, 0.25) is 0 Å². The van der Waals surface area contributed by atoms with E-state index < -0.39 is 30.3 Å². The van der Waals surface area contributed by atoms with Gasteiger partial charge in [-0.15, -0.1) is 0 Å². The Labute approximate surface area is 192 Å². The maximum atomic E-state index is 12.5. The number of amides is 2. The average molecular weight is 453 g/mol. The minimum atomic E-state index is -0.765. The SMILES string of the molecule is COc1cccc(C(=O)COC(=O)[C@@H]2CC(=O)N(NC(=O)c3ccc(C(C)(C)C)cc3)C2)c1. The molecule has 1 atom stereocenters. The number of methoxy groups -OCH3 is 1. The van der Waals surface area contributed by atoms with Gasteiger partial charge >= 0.3 is 5.97 Å². The quantitative estimate of drug-likeness (QED) is 0.512. The largest absolute Gasteiger partial charge is 0.497 e. The number of ether oxygens (including phenoxy) is 2.